The molecule has 3 aromatic rings. The standard InChI is InChI=1S/C21H19BrFN3O2/c22-15-8-9-16(17(23)11-15)18-12-24-20(25-18)19-7-4-10-26(19)21(27)28-13-14-5-2-1-3-6-14/h1-3,5-6,8-9,11-12,19H,4,7,10,13H2,(H,24,25)/t19-/m0/s1. The van der Waals surface area contributed by atoms with Crippen LogP contribution in [-0.4, -0.2) is 27.5 Å². The minimum atomic E-state index is -0.362. The Hall–Kier alpha value is -2.67. The number of imidazole rings is 1. The first kappa shape index (κ1) is 18.7. The van der Waals surface area contributed by atoms with Gasteiger partial charge in [-0.25, -0.2) is 14.2 Å². The van der Waals surface area contributed by atoms with Gasteiger partial charge < -0.3 is 9.72 Å². The van der Waals surface area contributed by atoms with Crippen LogP contribution in [0, 0.1) is 5.82 Å². The van der Waals surface area contributed by atoms with Gasteiger partial charge >= 0.3 is 6.09 Å². The van der Waals surface area contributed by atoms with Gasteiger partial charge in [-0.15, -0.1) is 0 Å². The number of nitrogens with zero attached hydrogens (tertiary/aromatic N) is 2. The van der Waals surface area contributed by atoms with Crippen molar-refractivity contribution in [1.29, 1.82) is 0 Å². The van der Waals surface area contributed by atoms with Crippen LogP contribution >= 0.6 is 15.9 Å². The number of aromatic nitrogens is 2. The van der Waals surface area contributed by atoms with E-state index in [1.54, 1.807) is 23.2 Å². The Bertz CT molecular complexity index is 977. The fourth-order valence-corrected chi connectivity index (χ4v) is 3.75. The van der Waals surface area contributed by atoms with Crippen molar-refractivity contribution < 1.29 is 13.9 Å². The van der Waals surface area contributed by atoms with Gasteiger partial charge in [0.2, 0.25) is 0 Å². The molecule has 1 atom stereocenters. The number of aromatic amines is 1. The molecule has 0 bridgehead atoms. The highest BCUT2D eigenvalue weighted by atomic mass is 79.9. The summed E-state index contributed by atoms with van der Waals surface area (Å²) in [4.78, 5) is 21.9. The van der Waals surface area contributed by atoms with Crippen LogP contribution in [0.2, 0.25) is 0 Å². The summed E-state index contributed by atoms with van der Waals surface area (Å²) in [6.45, 7) is 0.845. The molecular formula is C21H19BrFN3O2. The molecule has 0 spiro atoms. The smallest absolute Gasteiger partial charge is 0.410 e. The van der Waals surface area contributed by atoms with Crippen molar-refractivity contribution in [2.75, 3.05) is 6.54 Å². The summed E-state index contributed by atoms with van der Waals surface area (Å²) in [5.74, 6) is 0.296. The van der Waals surface area contributed by atoms with Crippen LogP contribution in [0.25, 0.3) is 11.3 Å². The van der Waals surface area contributed by atoms with Gasteiger partial charge in [0.1, 0.15) is 18.2 Å². The Balaban J connectivity index is 1.47. The SMILES string of the molecule is O=C(OCc1ccccc1)N1CCC[C@H]1c1nc(-c2ccc(Br)cc2F)c[nH]1. The molecule has 1 aliphatic rings. The Labute approximate surface area is 170 Å². The molecule has 0 radical (unpaired) electrons. The van der Waals surface area contributed by atoms with E-state index in [9.17, 15) is 9.18 Å². The molecule has 1 aliphatic heterocycles. The minimum Gasteiger partial charge on any atom is -0.445 e. The number of hydrogen-bond acceptors (Lipinski definition) is 3. The Morgan fingerprint density at radius 1 is 1.29 bits per heavy atom. The molecule has 7 heteroatoms. The third-order valence-electron chi connectivity index (χ3n) is 4.81. The molecule has 2 heterocycles. The molecule has 28 heavy (non-hydrogen) atoms. The van der Waals surface area contributed by atoms with Crippen LogP contribution in [0.15, 0.2) is 59.2 Å². The van der Waals surface area contributed by atoms with E-state index in [-0.39, 0.29) is 24.6 Å². The average molecular weight is 444 g/mol. The molecule has 0 unspecified atom stereocenters. The quantitative estimate of drug-likeness (QED) is 0.582. The predicted molar refractivity (Wildman–Crippen MR) is 107 cm³/mol. The van der Waals surface area contributed by atoms with Crippen LogP contribution in [0.5, 0.6) is 0 Å². The van der Waals surface area contributed by atoms with E-state index in [0.29, 0.717) is 28.1 Å². The zero-order valence-corrected chi connectivity index (χ0v) is 16.7. The van der Waals surface area contributed by atoms with Crippen molar-refractivity contribution in [3.63, 3.8) is 0 Å². The van der Waals surface area contributed by atoms with Gasteiger partial charge in [0.15, 0.2) is 0 Å². The van der Waals surface area contributed by atoms with Gasteiger partial charge in [-0.2, -0.15) is 0 Å². The zero-order chi connectivity index (χ0) is 19.5. The molecule has 1 aromatic heterocycles. The van der Waals surface area contributed by atoms with E-state index >= 15 is 0 Å². The fourth-order valence-electron chi connectivity index (χ4n) is 3.41. The highest BCUT2D eigenvalue weighted by molar-refractivity contribution is 9.10. The lowest BCUT2D eigenvalue weighted by Crippen LogP contribution is -2.31. The maximum Gasteiger partial charge on any atom is 0.410 e. The maximum atomic E-state index is 14.2. The zero-order valence-electron chi connectivity index (χ0n) is 15.1. The van der Waals surface area contributed by atoms with E-state index in [4.69, 9.17) is 4.74 Å². The van der Waals surface area contributed by atoms with Gasteiger partial charge in [-0.05, 0) is 36.6 Å². The maximum absolute atomic E-state index is 14.2. The van der Waals surface area contributed by atoms with Gasteiger partial charge in [0, 0.05) is 22.8 Å². The number of likely N-dealkylation sites (tertiary alicyclic amines) is 1. The molecule has 144 valence electrons. The summed E-state index contributed by atoms with van der Waals surface area (Å²) in [7, 11) is 0. The Morgan fingerprint density at radius 2 is 2.11 bits per heavy atom. The van der Waals surface area contributed by atoms with E-state index < -0.39 is 0 Å². The molecule has 4 rings (SSSR count). The average Bonchev–Trinajstić information content (AvgIpc) is 3.36. The Morgan fingerprint density at radius 3 is 2.89 bits per heavy atom. The van der Waals surface area contributed by atoms with E-state index in [2.05, 4.69) is 25.9 Å². The summed E-state index contributed by atoms with van der Waals surface area (Å²) in [6.07, 6.45) is 2.97. The molecule has 1 fully saturated rings. The van der Waals surface area contributed by atoms with Gasteiger partial charge in [0.25, 0.3) is 0 Å². The number of hydrogen-bond donors (Lipinski definition) is 1. The number of nitrogens with one attached hydrogen (secondary N) is 1. The number of H-pyrrole nitrogens is 1. The second kappa shape index (κ2) is 8.14. The van der Waals surface area contributed by atoms with E-state index in [1.807, 2.05) is 30.3 Å². The third-order valence-corrected chi connectivity index (χ3v) is 5.31. The lowest BCUT2D eigenvalue weighted by atomic mass is 10.1. The van der Waals surface area contributed by atoms with Crippen LogP contribution in [0.3, 0.4) is 0 Å². The van der Waals surface area contributed by atoms with Crippen molar-refractivity contribution >= 4 is 22.0 Å². The molecule has 2 aromatic carbocycles. The second-order valence-electron chi connectivity index (χ2n) is 6.69. The summed E-state index contributed by atoms with van der Waals surface area (Å²) < 4.78 is 20.4. The highest BCUT2D eigenvalue weighted by Crippen LogP contribution is 2.33. The Kier molecular flexibility index (Phi) is 5.43. The van der Waals surface area contributed by atoms with Gasteiger partial charge in [-0.1, -0.05) is 46.3 Å². The number of benzene rings is 2. The largest absolute Gasteiger partial charge is 0.445 e. The van der Waals surface area contributed by atoms with Crippen molar-refractivity contribution in [3.8, 4) is 11.3 Å². The normalized spacial score (nSPS) is 16.4. The molecular weight excluding hydrogens is 425 g/mol. The van der Waals surface area contributed by atoms with Gasteiger partial charge in [-0.3, -0.25) is 4.90 Å². The van der Waals surface area contributed by atoms with Crippen LogP contribution in [0.4, 0.5) is 9.18 Å². The third kappa shape index (κ3) is 3.94. The second-order valence-corrected chi connectivity index (χ2v) is 7.60. The van der Waals surface area contributed by atoms with Crippen LogP contribution in [0.1, 0.15) is 30.3 Å². The molecule has 1 N–H and O–H groups in total. The van der Waals surface area contributed by atoms with Crippen molar-refractivity contribution in [2.24, 2.45) is 0 Å². The molecule has 5 nitrogen and oxygen atoms in total. The molecule has 1 amide bonds. The van der Waals surface area contributed by atoms with Gasteiger partial charge in [0.05, 0.1) is 11.7 Å². The topological polar surface area (TPSA) is 58.2 Å². The summed E-state index contributed by atoms with van der Waals surface area (Å²) in [5.41, 5.74) is 1.88. The summed E-state index contributed by atoms with van der Waals surface area (Å²) in [6, 6.07) is 14.2. The number of halogens is 2. The number of rotatable bonds is 4. The minimum absolute atomic E-state index is 0.199. The lowest BCUT2D eigenvalue weighted by molar-refractivity contribution is 0.0910. The monoisotopic (exact) mass is 443 g/mol. The van der Waals surface area contributed by atoms with Crippen molar-refractivity contribution in [2.45, 2.75) is 25.5 Å². The van der Waals surface area contributed by atoms with E-state index in [0.717, 1.165) is 18.4 Å². The molecule has 0 aliphatic carbocycles. The molecule has 0 saturated carbocycles. The number of carbonyl (C=O) groups excluding carboxylic acids is 1. The number of carbonyl (C=O) groups is 1. The van der Waals surface area contributed by atoms with Crippen molar-refractivity contribution in [3.05, 3.63) is 76.4 Å². The summed E-state index contributed by atoms with van der Waals surface area (Å²) >= 11 is 3.26. The first-order chi connectivity index (χ1) is 13.6. The van der Waals surface area contributed by atoms with Crippen LogP contribution < -0.4 is 0 Å². The molecule has 1 saturated heterocycles. The number of ether oxygens (including phenoxy) is 1. The van der Waals surface area contributed by atoms with E-state index in [1.165, 1.54) is 6.07 Å². The number of amides is 1. The first-order valence-electron chi connectivity index (χ1n) is 9.10. The fraction of sp³-hybridized carbons (Fsp3) is 0.238. The van der Waals surface area contributed by atoms with Crippen LogP contribution in [-0.2, 0) is 11.3 Å². The highest BCUT2D eigenvalue weighted by Gasteiger charge is 2.33. The lowest BCUT2D eigenvalue weighted by Gasteiger charge is -2.22. The predicted octanol–water partition coefficient (Wildman–Crippen LogP) is 5.45. The first-order valence-corrected chi connectivity index (χ1v) is 9.89. The summed E-state index contributed by atoms with van der Waals surface area (Å²) in [5, 5.41) is 0. The van der Waals surface area contributed by atoms with Crippen molar-refractivity contribution in [1.82, 2.24) is 14.9 Å².